The Balaban J connectivity index is 1.58. The van der Waals surface area contributed by atoms with Crippen LogP contribution in [0.5, 0.6) is 0 Å². The monoisotopic (exact) mass is 414 g/mol. The molecule has 3 heterocycles. The minimum absolute atomic E-state index is 0.0698. The second-order valence-electron chi connectivity index (χ2n) is 8.26. The number of fused-ring (bicyclic) bond motifs is 1. The lowest BCUT2D eigenvalue weighted by molar-refractivity contribution is 0.310. The normalized spacial score (nSPS) is 20.5. The second kappa shape index (κ2) is 8.40. The molecule has 0 bridgehead atoms. The van der Waals surface area contributed by atoms with Crippen LogP contribution in [0, 0.1) is 6.92 Å². The van der Waals surface area contributed by atoms with Crippen LogP contribution in [-0.2, 0) is 22.9 Å². The summed E-state index contributed by atoms with van der Waals surface area (Å²) < 4.78 is 25.6. The standard InChI is InChI=1S/C22H30N4O2S/c1-17-20-11-7-13-25(15-12-18-8-4-3-5-9-18)22(20)24-21(23-17)19-10-6-14-26(16-19)29(2,27)28/h3-5,8-9,19H,6-7,10-16H2,1-2H3. The van der Waals surface area contributed by atoms with Crippen LogP contribution in [0.4, 0.5) is 5.82 Å². The predicted octanol–water partition coefficient (Wildman–Crippen LogP) is 2.92. The van der Waals surface area contributed by atoms with Gasteiger partial charge in [-0.25, -0.2) is 22.7 Å². The van der Waals surface area contributed by atoms with Crippen LogP contribution in [0.25, 0.3) is 0 Å². The highest BCUT2D eigenvalue weighted by Gasteiger charge is 2.30. The van der Waals surface area contributed by atoms with Gasteiger partial charge in [0.25, 0.3) is 0 Å². The van der Waals surface area contributed by atoms with E-state index in [9.17, 15) is 8.42 Å². The number of rotatable bonds is 5. The summed E-state index contributed by atoms with van der Waals surface area (Å²) in [6, 6.07) is 10.6. The molecule has 1 unspecified atom stereocenters. The van der Waals surface area contributed by atoms with Crippen molar-refractivity contribution in [3.05, 3.63) is 53.0 Å². The molecule has 7 heteroatoms. The van der Waals surface area contributed by atoms with Gasteiger partial charge in [0.05, 0.1) is 6.26 Å². The van der Waals surface area contributed by atoms with Crippen molar-refractivity contribution in [2.45, 2.75) is 44.9 Å². The Hall–Kier alpha value is -1.99. The van der Waals surface area contributed by atoms with Gasteiger partial charge in [-0.3, -0.25) is 0 Å². The molecule has 29 heavy (non-hydrogen) atoms. The summed E-state index contributed by atoms with van der Waals surface area (Å²) in [6.07, 6.45) is 6.22. The van der Waals surface area contributed by atoms with Gasteiger partial charge in [-0.2, -0.15) is 0 Å². The first-order valence-electron chi connectivity index (χ1n) is 10.5. The molecular weight excluding hydrogens is 384 g/mol. The smallest absolute Gasteiger partial charge is 0.211 e. The third-order valence-corrected chi connectivity index (χ3v) is 7.36. The molecule has 6 nitrogen and oxygen atoms in total. The fourth-order valence-corrected chi connectivity index (χ4v) is 5.38. The predicted molar refractivity (Wildman–Crippen MR) is 116 cm³/mol. The van der Waals surface area contributed by atoms with Gasteiger partial charge in [0.2, 0.25) is 10.0 Å². The van der Waals surface area contributed by atoms with Crippen LogP contribution in [-0.4, -0.2) is 55.1 Å². The van der Waals surface area contributed by atoms with Gasteiger partial charge in [-0.05, 0) is 44.6 Å². The fourth-order valence-electron chi connectivity index (χ4n) is 4.47. The molecule has 0 amide bonds. The SMILES string of the molecule is Cc1nc(C2CCCN(S(C)(=O)=O)C2)nc2c1CCCN2CCc1ccccc1. The Morgan fingerprint density at radius 3 is 2.66 bits per heavy atom. The molecular formula is C22H30N4O2S. The first kappa shape index (κ1) is 20.3. The lowest BCUT2D eigenvalue weighted by Gasteiger charge is -2.34. The first-order chi connectivity index (χ1) is 13.9. The number of hydrogen-bond acceptors (Lipinski definition) is 5. The molecule has 1 aromatic carbocycles. The maximum absolute atomic E-state index is 12.0. The Morgan fingerprint density at radius 1 is 1.10 bits per heavy atom. The highest BCUT2D eigenvalue weighted by Crippen LogP contribution is 2.32. The molecule has 4 rings (SSSR count). The van der Waals surface area contributed by atoms with E-state index in [1.165, 1.54) is 17.4 Å². The lowest BCUT2D eigenvalue weighted by Crippen LogP contribution is -2.39. The van der Waals surface area contributed by atoms with Crippen LogP contribution in [0.1, 0.15) is 47.8 Å². The number of nitrogens with zero attached hydrogens (tertiary/aromatic N) is 4. The molecule has 0 N–H and O–H groups in total. The number of sulfonamides is 1. The molecule has 0 saturated carbocycles. The van der Waals surface area contributed by atoms with E-state index in [0.717, 1.165) is 62.5 Å². The van der Waals surface area contributed by atoms with Gasteiger partial charge >= 0.3 is 0 Å². The van der Waals surface area contributed by atoms with Gasteiger partial charge in [0.15, 0.2) is 0 Å². The molecule has 0 aliphatic carbocycles. The van der Waals surface area contributed by atoms with Crippen molar-refractivity contribution >= 4 is 15.8 Å². The largest absolute Gasteiger partial charge is 0.356 e. The van der Waals surface area contributed by atoms with Gasteiger partial charge < -0.3 is 4.90 Å². The molecule has 0 spiro atoms. The topological polar surface area (TPSA) is 66.4 Å². The average Bonchev–Trinajstić information content (AvgIpc) is 2.72. The Kier molecular flexibility index (Phi) is 5.88. The van der Waals surface area contributed by atoms with Crippen molar-refractivity contribution in [1.82, 2.24) is 14.3 Å². The quantitative estimate of drug-likeness (QED) is 0.753. The van der Waals surface area contributed by atoms with Crippen molar-refractivity contribution in [2.24, 2.45) is 0 Å². The maximum Gasteiger partial charge on any atom is 0.211 e. The number of benzene rings is 1. The van der Waals surface area contributed by atoms with Crippen LogP contribution >= 0.6 is 0 Å². The number of aryl methyl sites for hydroxylation is 1. The average molecular weight is 415 g/mol. The molecule has 0 radical (unpaired) electrons. The molecule has 1 fully saturated rings. The second-order valence-corrected chi connectivity index (χ2v) is 10.2. The molecule has 1 aromatic heterocycles. The van der Waals surface area contributed by atoms with Crippen LogP contribution in [0.3, 0.4) is 0 Å². The minimum Gasteiger partial charge on any atom is -0.356 e. The van der Waals surface area contributed by atoms with E-state index in [4.69, 9.17) is 9.97 Å². The van der Waals surface area contributed by atoms with E-state index in [0.29, 0.717) is 13.1 Å². The molecule has 2 aliphatic heterocycles. The van der Waals surface area contributed by atoms with Crippen LogP contribution in [0.2, 0.25) is 0 Å². The molecule has 1 saturated heterocycles. The molecule has 2 aromatic rings. The van der Waals surface area contributed by atoms with Crippen LogP contribution < -0.4 is 4.90 Å². The van der Waals surface area contributed by atoms with E-state index in [-0.39, 0.29) is 5.92 Å². The van der Waals surface area contributed by atoms with E-state index in [1.54, 1.807) is 4.31 Å². The van der Waals surface area contributed by atoms with E-state index < -0.39 is 10.0 Å². The third kappa shape index (κ3) is 4.61. The zero-order valence-electron chi connectivity index (χ0n) is 17.3. The van der Waals surface area contributed by atoms with Gasteiger partial charge in [0, 0.05) is 43.4 Å². The summed E-state index contributed by atoms with van der Waals surface area (Å²) >= 11 is 0. The number of piperidine rings is 1. The van der Waals surface area contributed by atoms with E-state index >= 15 is 0 Å². The third-order valence-electron chi connectivity index (χ3n) is 6.10. The maximum atomic E-state index is 12.0. The van der Waals surface area contributed by atoms with Crippen LogP contribution in [0.15, 0.2) is 30.3 Å². The highest BCUT2D eigenvalue weighted by molar-refractivity contribution is 7.88. The van der Waals surface area contributed by atoms with E-state index in [2.05, 4.69) is 36.1 Å². The lowest BCUT2D eigenvalue weighted by atomic mass is 9.97. The number of hydrogen-bond donors (Lipinski definition) is 0. The first-order valence-corrected chi connectivity index (χ1v) is 12.4. The number of aromatic nitrogens is 2. The fraction of sp³-hybridized carbons (Fsp3) is 0.545. The van der Waals surface area contributed by atoms with E-state index in [1.807, 2.05) is 6.07 Å². The molecule has 156 valence electrons. The molecule has 2 aliphatic rings. The zero-order chi connectivity index (χ0) is 20.4. The summed E-state index contributed by atoms with van der Waals surface area (Å²) in [5.74, 6) is 1.94. The van der Waals surface area contributed by atoms with Crippen molar-refractivity contribution in [3.63, 3.8) is 0 Å². The Morgan fingerprint density at radius 2 is 1.90 bits per heavy atom. The van der Waals surface area contributed by atoms with Gasteiger partial charge in [-0.15, -0.1) is 0 Å². The summed E-state index contributed by atoms with van der Waals surface area (Å²) in [5, 5.41) is 0. The Labute approximate surface area is 174 Å². The minimum atomic E-state index is -3.18. The van der Waals surface area contributed by atoms with Crippen molar-refractivity contribution in [1.29, 1.82) is 0 Å². The number of anilines is 1. The van der Waals surface area contributed by atoms with Gasteiger partial charge in [0.1, 0.15) is 11.6 Å². The highest BCUT2D eigenvalue weighted by atomic mass is 32.2. The Bertz CT molecular complexity index is 962. The van der Waals surface area contributed by atoms with Crippen molar-refractivity contribution < 1.29 is 8.42 Å². The summed E-state index contributed by atoms with van der Waals surface area (Å²) in [6.45, 7) is 5.11. The summed E-state index contributed by atoms with van der Waals surface area (Å²) in [5.41, 5.74) is 3.64. The summed E-state index contributed by atoms with van der Waals surface area (Å²) in [4.78, 5) is 12.2. The van der Waals surface area contributed by atoms with Crippen molar-refractivity contribution in [2.75, 3.05) is 37.3 Å². The zero-order valence-corrected chi connectivity index (χ0v) is 18.2. The summed E-state index contributed by atoms with van der Waals surface area (Å²) in [7, 11) is -3.18. The van der Waals surface area contributed by atoms with Gasteiger partial charge in [-0.1, -0.05) is 30.3 Å². The molecule has 1 atom stereocenters. The van der Waals surface area contributed by atoms with Crippen molar-refractivity contribution in [3.8, 4) is 0 Å².